The maximum absolute atomic E-state index is 14.5. The van der Waals surface area contributed by atoms with E-state index in [2.05, 4.69) is 4.84 Å². The summed E-state index contributed by atoms with van der Waals surface area (Å²) < 4.78 is 43.5. The van der Waals surface area contributed by atoms with Gasteiger partial charge in [-0.15, -0.1) is 10.1 Å². The van der Waals surface area contributed by atoms with Gasteiger partial charge in [-0.25, -0.2) is 9.18 Å². The largest absolute Gasteiger partial charge is 0.461 e. The van der Waals surface area contributed by atoms with E-state index in [1.54, 1.807) is 55.6 Å². The normalized spacial score (nSPS) is 14.6. The molecule has 1 aromatic heterocycles. The molecule has 0 radical (unpaired) electrons. The highest BCUT2D eigenvalue weighted by molar-refractivity contribution is 7.84. The van der Waals surface area contributed by atoms with Gasteiger partial charge in [0.15, 0.2) is 0 Å². The van der Waals surface area contributed by atoms with Crippen LogP contribution in [0.25, 0.3) is 27.7 Å². The average molecular weight is 798 g/mol. The molecule has 0 aliphatic heterocycles. The number of hydrogen-bond acceptors (Lipinski definition) is 13. The van der Waals surface area contributed by atoms with Crippen molar-refractivity contribution in [2.45, 2.75) is 37.7 Å². The quantitative estimate of drug-likeness (QED) is 0.0287. The van der Waals surface area contributed by atoms with Gasteiger partial charge in [0.2, 0.25) is 6.10 Å². The van der Waals surface area contributed by atoms with E-state index in [0.29, 0.717) is 27.2 Å². The standard InChI is InChI=1S/C37H32FNO10S4/c1-21(19-47-39(43)44)14-34(40)46-20-32(37(42)48-26-9-6-24(7-10-26)33-18-36(50)52-51-33)49-35(41)17-30-22(2)29(28-13-8-25(38)16-31(28)30)15-23-4-11-27(12-5-23)53(3)45/h4-13,15-16,18,21,32H,14,17,19-20H2,1-3H3. The Morgan fingerprint density at radius 2 is 1.70 bits per heavy atom. The van der Waals surface area contributed by atoms with Crippen LogP contribution >= 0.6 is 32.9 Å². The molecular formula is C37H32FNO10S4. The molecule has 3 atom stereocenters. The molecule has 276 valence electrons. The van der Waals surface area contributed by atoms with Crippen LogP contribution in [0.2, 0.25) is 0 Å². The monoisotopic (exact) mass is 797 g/mol. The third kappa shape index (κ3) is 10.6. The summed E-state index contributed by atoms with van der Waals surface area (Å²) >= 11 is 5.21. The molecule has 16 heteroatoms. The Hall–Kier alpha value is -4.90. The molecule has 11 nitrogen and oxygen atoms in total. The molecule has 0 saturated carbocycles. The number of nitrogens with zero attached hydrogens (tertiary/aromatic N) is 1. The summed E-state index contributed by atoms with van der Waals surface area (Å²) in [6.07, 6.45) is 1.14. The van der Waals surface area contributed by atoms with Gasteiger partial charge in [-0.05, 0) is 112 Å². The molecule has 1 aliphatic carbocycles. The molecule has 0 saturated heterocycles. The Morgan fingerprint density at radius 1 is 0.981 bits per heavy atom. The van der Waals surface area contributed by atoms with Gasteiger partial charge in [-0.3, -0.25) is 13.8 Å². The predicted molar refractivity (Wildman–Crippen MR) is 202 cm³/mol. The van der Waals surface area contributed by atoms with Gasteiger partial charge in [-0.2, -0.15) is 0 Å². The van der Waals surface area contributed by atoms with E-state index in [-0.39, 0.29) is 25.2 Å². The van der Waals surface area contributed by atoms with Crippen LogP contribution in [0, 0.1) is 25.7 Å². The van der Waals surface area contributed by atoms with Crippen molar-refractivity contribution in [1.82, 2.24) is 0 Å². The second kappa shape index (κ2) is 17.7. The summed E-state index contributed by atoms with van der Waals surface area (Å²) in [7, 11) is 1.82. The van der Waals surface area contributed by atoms with E-state index in [9.17, 15) is 33.1 Å². The van der Waals surface area contributed by atoms with Crippen LogP contribution < -0.4 is 4.74 Å². The first-order chi connectivity index (χ1) is 25.3. The molecule has 1 aliphatic rings. The lowest BCUT2D eigenvalue weighted by Crippen LogP contribution is -2.36. The van der Waals surface area contributed by atoms with E-state index < -0.39 is 58.2 Å². The fraction of sp³-hybridized carbons (Fsp3) is 0.243. The first kappa shape index (κ1) is 39.3. The van der Waals surface area contributed by atoms with Crippen LogP contribution in [0.3, 0.4) is 0 Å². The average Bonchev–Trinajstić information content (AvgIpc) is 3.66. The fourth-order valence-electron chi connectivity index (χ4n) is 5.40. The van der Waals surface area contributed by atoms with Gasteiger partial charge in [0.25, 0.3) is 5.09 Å². The van der Waals surface area contributed by atoms with Crippen molar-refractivity contribution in [3.8, 4) is 16.2 Å². The SMILES string of the molecule is CC1=C(CC(=O)OC(COC(=O)CC(C)CO[N+](=O)[O-])C(=O)Oc2ccc(-c3cc(=S)ss3)cc2)c2cc(F)ccc2C1=Cc1ccc(S(C)=O)cc1. The highest BCUT2D eigenvalue weighted by Crippen LogP contribution is 2.44. The number of halogens is 1. The number of carbonyl (C=O) groups excluding carboxylic acids is 3. The molecule has 53 heavy (non-hydrogen) atoms. The molecule has 3 unspecified atom stereocenters. The van der Waals surface area contributed by atoms with Gasteiger partial charge in [-0.1, -0.05) is 58.0 Å². The summed E-state index contributed by atoms with van der Waals surface area (Å²) in [4.78, 5) is 55.9. The molecule has 0 spiro atoms. The van der Waals surface area contributed by atoms with Crippen molar-refractivity contribution in [2.24, 2.45) is 5.92 Å². The highest BCUT2D eigenvalue weighted by Gasteiger charge is 2.31. The Morgan fingerprint density at radius 3 is 2.34 bits per heavy atom. The zero-order valence-corrected chi connectivity index (χ0v) is 31.8. The molecule has 0 N–H and O–H groups in total. The number of esters is 3. The van der Waals surface area contributed by atoms with E-state index in [4.69, 9.17) is 26.4 Å². The number of hydrogen-bond donors (Lipinski definition) is 0. The lowest BCUT2D eigenvalue weighted by atomic mass is 10.0. The van der Waals surface area contributed by atoms with E-state index >= 15 is 0 Å². The zero-order valence-electron chi connectivity index (χ0n) is 28.5. The Kier molecular flexibility index (Phi) is 13.2. The molecule has 0 amide bonds. The number of allylic oxidation sites excluding steroid dienone is 2. The third-order valence-corrected chi connectivity index (χ3v) is 11.9. The van der Waals surface area contributed by atoms with Crippen LogP contribution in [-0.2, 0) is 39.5 Å². The summed E-state index contributed by atoms with van der Waals surface area (Å²) in [6.45, 7) is 2.27. The van der Waals surface area contributed by atoms with Gasteiger partial charge >= 0.3 is 17.9 Å². The molecular weight excluding hydrogens is 766 g/mol. The molecule has 3 aromatic carbocycles. The second-order valence-electron chi connectivity index (χ2n) is 12.0. The molecule has 0 bridgehead atoms. The van der Waals surface area contributed by atoms with E-state index in [0.717, 1.165) is 25.4 Å². The topological polar surface area (TPSA) is 148 Å². The van der Waals surface area contributed by atoms with Crippen LogP contribution in [0.4, 0.5) is 4.39 Å². The minimum atomic E-state index is -1.69. The first-order valence-corrected chi connectivity index (χ1v) is 20.1. The lowest BCUT2D eigenvalue weighted by Gasteiger charge is -2.18. The number of benzene rings is 3. The highest BCUT2D eigenvalue weighted by atomic mass is 32.9. The smallest absolute Gasteiger partial charge is 0.356 e. The fourth-order valence-corrected chi connectivity index (χ4v) is 8.32. The Balaban J connectivity index is 1.35. The van der Waals surface area contributed by atoms with Crippen LogP contribution in [0.15, 0.2) is 83.3 Å². The van der Waals surface area contributed by atoms with E-state index in [1.807, 2.05) is 24.3 Å². The number of rotatable bonds is 15. The summed E-state index contributed by atoms with van der Waals surface area (Å²) in [6, 6.07) is 19.8. The van der Waals surface area contributed by atoms with Crippen molar-refractivity contribution in [2.75, 3.05) is 19.5 Å². The zero-order chi connectivity index (χ0) is 38.2. The maximum atomic E-state index is 14.5. The van der Waals surface area contributed by atoms with Crippen LogP contribution in [0.1, 0.15) is 43.4 Å². The van der Waals surface area contributed by atoms with Gasteiger partial charge < -0.3 is 19.0 Å². The van der Waals surface area contributed by atoms with Crippen molar-refractivity contribution < 1.29 is 47.1 Å². The Labute approximate surface area is 318 Å². The van der Waals surface area contributed by atoms with Crippen molar-refractivity contribution >= 4 is 78.8 Å². The van der Waals surface area contributed by atoms with Crippen molar-refractivity contribution in [3.63, 3.8) is 0 Å². The van der Waals surface area contributed by atoms with Gasteiger partial charge in [0, 0.05) is 33.2 Å². The molecule has 4 aromatic rings. The van der Waals surface area contributed by atoms with Crippen molar-refractivity contribution in [1.29, 1.82) is 0 Å². The number of carbonyl (C=O) groups is 3. The molecule has 1 heterocycles. The van der Waals surface area contributed by atoms with Crippen LogP contribution in [-0.4, -0.2) is 52.8 Å². The summed E-state index contributed by atoms with van der Waals surface area (Å²) in [5.41, 5.74) is 4.70. The number of ether oxygens (including phenoxy) is 3. The second-order valence-corrected chi connectivity index (χ2v) is 16.3. The molecule has 0 fully saturated rings. The van der Waals surface area contributed by atoms with Crippen LogP contribution in [0.5, 0.6) is 5.75 Å². The Bertz CT molecular complexity index is 2170. The summed E-state index contributed by atoms with van der Waals surface area (Å²) in [5.74, 6) is -3.66. The van der Waals surface area contributed by atoms with Gasteiger partial charge in [0.1, 0.15) is 22.0 Å². The minimum absolute atomic E-state index is 0.141. The minimum Gasteiger partial charge on any atom is -0.461 e. The van der Waals surface area contributed by atoms with E-state index in [1.165, 1.54) is 39.7 Å². The predicted octanol–water partition coefficient (Wildman–Crippen LogP) is 8.10. The molecule has 5 rings (SSSR count). The summed E-state index contributed by atoms with van der Waals surface area (Å²) in [5, 5.41) is 9.54. The first-order valence-electron chi connectivity index (χ1n) is 16.0. The maximum Gasteiger partial charge on any atom is 0.356 e. The van der Waals surface area contributed by atoms with Gasteiger partial charge in [0.05, 0.1) is 13.0 Å². The van der Waals surface area contributed by atoms with Crippen molar-refractivity contribution in [3.05, 3.63) is 115 Å². The lowest BCUT2D eigenvalue weighted by molar-refractivity contribution is -0.759. The third-order valence-electron chi connectivity index (χ3n) is 8.03. The number of fused-ring (bicyclic) bond motifs is 1.